The Morgan fingerprint density at radius 2 is 1.42 bits per heavy atom. The molecule has 2 rings (SSSR count). The minimum absolute atomic E-state index is 0.116. The molecular formula is C22H43NO3. The van der Waals surface area contributed by atoms with Crippen LogP contribution in [0.2, 0.25) is 0 Å². The van der Waals surface area contributed by atoms with Gasteiger partial charge in [-0.15, -0.1) is 0 Å². The molecule has 4 atom stereocenters. The first-order chi connectivity index (χ1) is 12.8. The maximum absolute atomic E-state index is 8.95. The Morgan fingerprint density at radius 3 is 2.04 bits per heavy atom. The van der Waals surface area contributed by atoms with Crippen molar-refractivity contribution in [2.24, 2.45) is 0 Å². The Balaban J connectivity index is 1.40. The van der Waals surface area contributed by atoms with Crippen molar-refractivity contribution >= 4 is 0 Å². The Kier molecular flexibility index (Phi) is 11.9. The molecule has 2 aliphatic rings. The second-order valence-corrected chi connectivity index (χ2v) is 8.28. The minimum Gasteiger partial charge on any atom is -0.396 e. The summed E-state index contributed by atoms with van der Waals surface area (Å²) in [5.74, 6) is 0. The average Bonchev–Trinajstić information content (AvgIpc) is 3.22. The topological polar surface area (TPSA) is 50.7 Å². The highest BCUT2D eigenvalue weighted by Crippen LogP contribution is 2.29. The van der Waals surface area contributed by atoms with Crippen LogP contribution in [0.1, 0.15) is 103 Å². The van der Waals surface area contributed by atoms with E-state index in [2.05, 4.69) is 12.2 Å². The van der Waals surface area contributed by atoms with Crippen molar-refractivity contribution in [3.8, 4) is 0 Å². The fourth-order valence-corrected chi connectivity index (χ4v) is 4.33. The van der Waals surface area contributed by atoms with E-state index in [1.54, 1.807) is 0 Å². The molecule has 0 saturated carbocycles. The van der Waals surface area contributed by atoms with Crippen LogP contribution >= 0.6 is 0 Å². The number of ether oxygens (including phenoxy) is 2. The Labute approximate surface area is 161 Å². The van der Waals surface area contributed by atoms with Gasteiger partial charge in [0.2, 0.25) is 0 Å². The fourth-order valence-electron chi connectivity index (χ4n) is 4.33. The van der Waals surface area contributed by atoms with Gasteiger partial charge in [-0.3, -0.25) is 5.32 Å². The lowest BCUT2D eigenvalue weighted by Gasteiger charge is -2.18. The molecule has 2 N–H and O–H groups in total. The minimum atomic E-state index is 0.116. The van der Waals surface area contributed by atoms with Gasteiger partial charge in [0.1, 0.15) is 12.3 Å². The third-order valence-electron chi connectivity index (χ3n) is 5.94. The van der Waals surface area contributed by atoms with Crippen molar-refractivity contribution in [2.45, 2.75) is 128 Å². The predicted octanol–water partition coefficient (Wildman–Crippen LogP) is 4.93. The van der Waals surface area contributed by atoms with Crippen LogP contribution in [0.3, 0.4) is 0 Å². The molecule has 26 heavy (non-hydrogen) atoms. The summed E-state index contributed by atoms with van der Waals surface area (Å²) in [5.41, 5.74) is 0. The van der Waals surface area contributed by atoms with E-state index in [9.17, 15) is 0 Å². The van der Waals surface area contributed by atoms with Gasteiger partial charge >= 0.3 is 0 Å². The summed E-state index contributed by atoms with van der Waals surface area (Å²) in [6.45, 7) is 3.31. The van der Waals surface area contributed by atoms with Gasteiger partial charge in [0.25, 0.3) is 0 Å². The van der Waals surface area contributed by atoms with Crippen molar-refractivity contribution in [1.29, 1.82) is 0 Å². The molecular weight excluding hydrogens is 326 g/mol. The summed E-state index contributed by atoms with van der Waals surface area (Å²) in [6.07, 6.45) is 20.2. The van der Waals surface area contributed by atoms with E-state index in [4.69, 9.17) is 14.6 Å². The lowest BCUT2D eigenvalue weighted by atomic mass is 10.0. The van der Waals surface area contributed by atoms with Gasteiger partial charge < -0.3 is 14.6 Å². The maximum Gasteiger partial charge on any atom is 0.109 e. The van der Waals surface area contributed by atoms with Crippen LogP contribution in [-0.4, -0.2) is 42.8 Å². The molecule has 2 heterocycles. The SMILES string of the molecule is CCCCCCCCCCCCCCC1OCC2NC(CCCO)OC21. The highest BCUT2D eigenvalue weighted by molar-refractivity contribution is 4.95. The van der Waals surface area contributed by atoms with Crippen molar-refractivity contribution in [3.63, 3.8) is 0 Å². The van der Waals surface area contributed by atoms with Crippen LogP contribution in [0.4, 0.5) is 0 Å². The molecule has 0 aromatic heterocycles. The van der Waals surface area contributed by atoms with Gasteiger partial charge in [-0.05, 0) is 19.3 Å². The molecule has 0 spiro atoms. The first-order valence-corrected chi connectivity index (χ1v) is 11.5. The monoisotopic (exact) mass is 369 g/mol. The van der Waals surface area contributed by atoms with Crippen molar-refractivity contribution < 1.29 is 14.6 Å². The third kappa shape index (κ3) is 8.24. The quantitative estimate of drug-likeness (QED) is 0.379. The van der Waals surface area contributed by atoms with E-state index in [1.807, 2.05) is 0 Å². The van der Waals surface area contributed by atoms with E-state index >= 15 is 0 Å². The summed E-state index contributed by atoms with van der Waals surface area (Å²) < 4.78 is 12.0. The van der Waals surface area contributed by atoms with E-state index in [0.717, 1.165) is 25.9 Å². The van der Waals surface area contributed by atoms with Gasteiger partial charge in [-0.25, -0.2) is 0 Å². The molecule has 4 nitrogen and oxygen atoms in total. The van der Waals surface area contributed by atoms with Crippen LogP contribution < -0.4 is 5.32 Å². The number of nitrogens with one attached hydrogen (secondary N) is 1. The van der Waals surface area contributed by atoms with Crippen molar-refractivity contribution in [3.05, 3.63) is 0 Å². The number of hydrogen-bond acceptors (Lipinski definition) is 4. The number of rotatable bonds is 16. The predicted molar refractivity (Wildman–Crippen MR) is 107 cm³/mol. The molecule has 0 aromatic carbocycles. The lowest BCUT2D eigenvalue weighted by molar-refractivity contribution is -0.0377. The molecule has 0 bridgehead atoms. The van der Waals surface area contributed by atoms with Crippen LogP contribution in [0, 0.1) is 0 Å². The molecule has 154 valence electrons. The number of aliphatic hydroxyl groups is 1. The van der Waals surface area contributed by atoms with E-state index in [0.29, 0.717) is 6.04 Å². The third-order valence-corrected chi connectivity index (χ3v) is 5.94. The van der Waals surface area contributed by atoms with Crippen LogP contribution in [0.15, 0.2) is 0 Å². The first kappa shape index (κ1) is 22.1. The first-order valence-electron chi connectivity index (χ1n) is 11.5. The second-order valence-electron chi connectivity index (χ2n) is 8.28. The molecule has 0 aliphatic carbocycles. The highest BCUT2D eigenvalue weighted by Gasteiger charge is 2.44. The lowest BCUT2D eigenvalue weighted by Crippen LogP contribution is -2.33. The highest BCUT2D eigenvalue weighted by atomic mass is 16.6. The van der Waals surface area contributed by atoms with Crippen LogP contribution in [0.25, 0.3) is 0 Å². The van der Waals surface area contributed by atoms with Gasteiger partial charge in [-0.2, -0.15) is 0 Å². The van der Waals surface area contributed by atoms with Crippen LogP contribution in [-0.2, 0) is 9.47 Å². The summed E-state index contributed by atoms with van der Waals surface area (Å²) in [6, 6.07) is 0.362. The average molecular weight is 370 g/mol. The standard InChI is InChI=1S/C22H43NO3/c1-2-3-4-5-6-7-8-9-10-11-12-13-15-20-22-19(18-25-20)23-21(26-22)16-14-17-24/h19-24H,2-18H2,1H3. The fraction of sp³-hybridized carbons (Fsp3) is 1.00. The number of fused-ring (bicyclic) bond motifs is 1. The van der Waals surface area contributed by atoms with Crippen molar-refractivity contribution in [2.75, 3.05) is 13.2 Å². The molecule has 2 saturated heterocycles. The molecule has 2 aliphatic heterocycles. The maximum atomic E-state index is 8.95. The zero-order chi connectivity index (χ0) is 18.5. The molecule has 4 heteroatoms. The zero-order valence-electron chi connectivity index (χ0n) is 17.1. The normalized spacial score (nSPS) is 27.9. The van der Waals surface area contributed by atoms with E-state index < -0.39 is 0 Å². The Morgan fingerprint density at radius 1 is 0.808 bits per heavy atom. The Bertz CT molecular complexity index is 339. The van der Waals surface area contributed by atoms with E-state index in [-0.39, 0.29) is 25.0 Å². The van der Waals surface area contributed by atoms with Gasteiger partial charge in [0, 0.05) is 6.61 Å². The van der Waals surface area contributed by atoms with Gasteiger partial charge in [0.05, 0.1) is 18.8 Å². The summed E-state index contributed by atoms with van der Waals surface area (Å²) in [7, 11) is 0. The van der Waals surface area contributed by atoms with Crippen molar-refractivity contribution in [1.82, 2.24) is 5.32 Å². The van der Waals surface area contributed by atoms with Gasteiger partial charge in [0.15, 0.2) is 0 Å². The molecule has 0 amide bonds. The largest absolute Gasteiger partial charge is 0.396 e. The number of unbranched alkanes of at least 4 members (excludes halogenated alkanes) is 11. The van der Waals surface area contributed by atoms with Crippen LogP contribution in [0.5, 0.6) is 0 Å². The Hall–Kier alpha value is -0.160. The smallest absolute Gasteiger partial charge is 0.109 e. The van der Waals surface area contributed by atoms with Gasteiger partial charge in [-0.1, -0.05) is 84.0 Å². The van der Waals surface area contributed by atoms with E-state index in [1.165, 1.54) is 77.0 Å². The molecule has 2 fully saturated rings. The molecule has 4 unspecified atom stereocenters. The summed E-state index contributed by atoms with van der Waals surface area (Å²) >= 11 is 0. The number of aliphatic hydroxyl groups excluding tert-OH is 1. The molecule has 0 aromatic rings. The molecule has 0 radical (unpaired) electrons. The second kappa shape index (κ2) is 13.9. The summed E-state index contributed by atoms with van der Waals surface area (Å²) in [4.78, 5) is 0. The summed E-state index contributed by atoms with van der Waals surface area (Å²) in [5, 5.41) is 12.5. The number of hydrogen-bond donors (Lipinski definition) is 2. The zero-order valence-corrected chi connectivity index (χ0v) is 17.1.